The SMILES string of the molecule is O=C(N1CCC(Oc2cc(F)ccc2F)C1)C12CC(CO)(C1)C2. The maximum atomic E-state index is 13.6. The average molecular weight is 323 g/mol. The van der Waals surface area contributed by atoms with E-state index in [-0.39, 0.29) is 35.2 Å². The molecule has 1 heterocycles. The fraction of sp³-hybridized carbons (Fsp3) is 0.588. The van der Waals surface area contributed by atoms with E-state index in [0.29, 0.717) is 19.5 Å². The number of nitrogens with zero attached hydrogens (tertiary/aromatic N) is 1. The summed E-state index contributed by atoms with van der Waals surface area (Å²) in [5.41, 5.74) is -0.280. The van der Waals surface area contributed by atoms with Crippen LogP contribution in [0.25, 0.3) is 0 Å². The molecule has 6 heteroatoms. The fourth-order valence-corrected chi connectivity index (χ4v) is 4.48. The van der Waals surface area contributed by atoms with E-state index in [1.54, 1.807) is 4.90 Å². The number of halogens is 2. The Hall–Kier alpha value is -1.69. The highest BCUT2D eigenvalue weighted by Gasteiger charge is 2.71. The summed E-state index contributed by atoms with van der Waals surface area (Å²) in [7, 11) is 0. The zero-order chi connectivity index (χ0) is 16.2. The Morgan fingerprint density at radius 3 is 2.78 bits per heavy atom. The summed E-state index contributed by atoms with van der Waals surface area (Å²) in [6.45, 7) is 1.14. The van der Waals surface area contributed by atoms with Crippen LogP contribution in [0.3, 0.4) is 0 Å². The molecular weight excluding hydrogens is 304 g/mol. The minimum atomic E-state index is -0.597. The number of benzene rings is 1. The molecule has 0 aromatic heterocycles. The van der Waals surface area contributed by atoms with Gasteiger partial charge in [-0.15, -0.1) is 0 Å². The summed E-state index contributed by atoms with van der Waals surface area (Å²) in [5, 5.41) is 9.29. The maximum absolute atomic E-state index is 13.6. The van der Waals surface area contributed by atoms with Crippen LogP contribution < -0.4 is 4.74 Å². The van der Waals surface area contributed by atoms with E-state index in [2.05, 4.69) is 0 Å². The first-order chi connectivity index (χ1) is 11.0. The van der Waals surface area contributed by atoms with E-state index in [4.69, 9.17) is 4.74 Å². The summed E-state index contributed by atoms with van der Waals surface area (Å²) in [6.07, 6.45) is 2.62. The third kappa shape index (κ3) is 2.23. The van der Waals surface area contributed by atoms with E-state index in [1.807, 2.05) is 0 Å². The number of aliphatic hydroxyl groups is 1. The molecule has 1 atom stereocenters. The summed E-state index contributed by atoms with van der Waals surface area (Å²) >= 11 is 0. The summed E-state index contributed by atoms with van der Waals surface area (Å²) in [6, 6.07) is 3.12. The van der Waals surface area contributed by atoms with E-state index in [0.717, 1.165) is 37.5 Å². The van der Waals surface area contributed by atoms with Crippen LogP contribution in [-0.4, -0.2) is 41.7 Å². The van der Waals surface area contributed by atoms with Crippen LogP contribution in [0.5, 0.6) is 5.75 Å². The zero-order valence-corrected chi connectivity index (χ0v) is 12.7. The topological polar surface area (TPSA) is 49.8 Å². The smallest absolute Gasteiger partial charge is 0.228 e. The van der Waals surface area contributed by atoms with Crippen LogP contribution in [0.1, 0.15) is 25.7 Å². The predicted octanol–water partition coefficient (Wildman–Crippen LogP) is 2.11. The molecule has 3 aliphatic carbocycles. The molecule has 1 aromatic rings. The van der Waals surface area contributed by atoms with Crippen LogP contribution in [-0.2, 0) is 4.79 Å². The molecule has 1 aromatic carbocycles. The molecule has 3 saturated carbocycles. The van der Waals surface area contributed by atoms with Gasteiger partial charge in [0.15, 0.2) is 11.6 Å². The van der Waals surface area contributed by atoms with Gasteiger partial charge in [0.25, 0.3) is 0 Å². The Morgan fingerprint density at radius 1 is 1.35 bits per heavy atom. The lowest BCUT2D eigenvalue weighted by molar-refractivity contribution is -0.227. The lowest BCUT2D eigenvalue weighted by atomic mass is 9.35. The van der Waals surface area contributed by atoms with Crippen LogP contribution >= 0.6 is 0 Å². The first kappa shape index (κ1) is 14.9. The maximum Gasteiger partial charge on any atom is 0.228 e. The molecule has 0 spiro atoms. The minimum Gasteiger partial charge on any atom is -0.485 e. The van der Waals surface area contributed by atoms with Gasteiger partial charge in [0.05, 0.1) is 12.0 Å². The van der Waals surface area contributed by atoms with Crippen LogP contribution in [0.15, 0.2) is 18.2 Å². The van der Waals surface area contributed by atoms with Crippen molar-refractivity contribution in [2.24, 2.45) is 10.8 Å². The molecule has 1 saturated heterocycles. The average Bonchev–Trinajstić information content (AvgIpc) is 2.89. The van der Waals surface area contributed by atoms with Gasteiger partial charge in [0.1, 0.15) is 11.9 Å². The van der Waals surface area contributed by atoms with Crippen LogP contribution in [0, 0.1) is 22.5 Å². The number of aliphatic hydroxyl groups excluding tert-OH is 1. The van der Waals surface area contributed by atoms with E-state index in [1.165, 1.54) is 0 Å². The second-order valence-corrected chi connectivity index (χ2v) is 7.32. The van der Waals surface area contributed by atoms with Crippen molar-refractivity contribution in [3.63, 3.8) is 0 Å². The number of amides is 1. The number of carbonyl (C=O) groups is 1. The molecule has 124 valence electrons. The van der Waals surface area contributed by atoms with Gasteiger partial charge in [-0.05, 0) is 36.8 Å². The molecule has 0 radical (unpaired) electrons. The van der Waals surface area contributed by atoms with Crippen molar-refractivity contribution in [2.75, 3.05) is 19.7 Å². The molecule has 4 fully saturated rings. The Morgan fingerprint density at radius 2 is 2.09 bits per heavy atom. The molecular formula is C17H19F2NO3. The minimum absolute atomic E-state index is 0.00399. The summed E-state index contributed by atoms with van der Waals surface area (Å²) in [5.74, 6) is -1.12. The Kier molecular flexibility index (Phi) is 3.17. The second-order valence-electron chi connectivity index (χ2n) is 7.32. The highest BCUT2D eigenvalue weighted by atomic mass is 19.1. The normalized spacial score (nSPS) is 34.7. The largest absolute Gasteiger partial charge is 0.485 e. The number of ether oxygens (including phenoxy) is 1. The first-order valence-electron chi connectivity index (χ1n) is 7.97. The molecule has 2 bridgehead atoms. The van der Waals surface area contributed by atoms with Gasteiger partial charge >= 0.3 is 0 Å². The highest BCUT2D eigenvalue weighted by molar-refractivity contribution is 5.86. The van der Waals surface area contributed by atoms with Gasteiger partial charge < -0.3 is 14.7 Å². The van der Waals surface area contributed by atoms with Crippen molar-refractivity contribution in [3.8, 4) is 5.75 Å². The molecule has 4 aliphatic rings. The quantitative estimate of drug-likeness (QED) is 0.923. The summed E-state index contributed by atoms with van der Waals surface area (Å²) in [4.78, 5) is 14.4. The van der Waals surface area contributed by atoms with E-state index >= 15 is 0 Å². The van der Waals surface area contributed by atoms with E-state index < -0.39 is 11.6 Å². The number of likely N-dealkylation sites (tertiary alicyclic amines) is 1. The second kappa shape index (κ2) is 4.90. The zero-order valence-electron chi connectivity index (χ0n) is 12.7. The van der Waals surface area contributed by atoms with Crippen LogP contribution in [0.2, 0.25) is 0 Å². The molecule has 1 aliphatic heterocycles. The lowest BCUT2D eigenvalue weighted by Gasteiger charge is -2.69. The molecule has 5 rings (SSSR count). The van der Waals surface area contributed by atoms with Crippen molar-refractivity contribution in [1.29, 1.82) is 0 Å². The fourth-order valence-electron chi connectivity index (χ4n) is 4.48. The Balaban J connectivity index is 1.37. The number of hydrogen-bond donors (Lipinski definition) is 1. The molecule has 4 nitrogen and oxygen atoms in total. The van der Waals surface area contributed by atoms with Gasteiger partial charge in [-0.2, -0.15) is 0 Å². The number of rotatable bonds is 4. The molecule has 1 N–H and O–H groups in total. The number of carbonyl (C=O) groups excluding carboxylic acids is 1. The van der Waals surface area contributed by atoms with Crippen molar-refractivity contribution in [2.45, 2.75) is 31.8 Å². The Labute approximate surface area is 133 Å². The van der Waals surface area contributed by atoms with Crippen molar-refractivity contribution in [1.82, 2.24) is 4.90 Å². The summed E-state index contributed by atoms with van der Waals surface area (Å²) < 4.78 is 32.3. The van der Waals surface area contributed by atoms with Gasteiger partial charge in [-0.1, -0.05) is 0 Å². The van der Waals surface area contributed by atoms with Gasteiger partial charge in [-0.3, -0.25) is 4.79 Å². The van der Waals surface area contributed by atoms with Gasteiger partial charge in [0.2, 0.25) is 5.91 Å². The molecule has 1 amide bonds. The van der Waals surface area contributed by atoms with Gasteiger partial charge in [0, 0.05) is 25.6 Å². The van der Waals surface area contributed by atoms with Gasteiger partial charge in [-0.25, -0.2) is 8.78 Å². The van der Waals surface area contributed by atoms with E-state index in [9.17, 15) is 18.7 Å². The highest BCUT2D eigenvalue weighted by Crippen LogP contribution is 2.73. The third-order valence-corrected chi connectivity index (χ3v) is 5.55. The van der Waals surface area contributed by atoms with Crippen molar-refractivity contribution < 1.29 is 23.4 Å². The third-order valence-electron chi connectivity index (χ3n) is 5.55. The number of hydrogen-bond acceptors (Lipinski definition) is 3. The van der Waals surface area contributed by atoms with Crippen molar-refractivity contribution >= 4 is 5.91 Å². The standard InChI is InChI=1S/C17H19F2NO3/c18-11-1-2-13(19)14(5-11)23-12-3-4-20(6-12)15(22)17-7-16(8-17,9-17)10-21/h1-2,5,12,21H,3-4,6-10H2. The Bertz CT molecular complexity index is 643. The monoisotopic (exact) mass is 323 g/mol. The van der Waals surface area contributed by atoms with Crippen molar-refractivity contribution in [3.05, 3.63) is 29.8 Å². The first-order valence-corrected chi connectivity index (χ1v) is 7.97. The lowest BCUT2D eigenvalue weighted by Crippen LogP contribution is -2.69. The van der Waals surface area contributed by atoms with Crippen LogP contribution in [0.4, 0.5) is 8.78 Å². The molecule has 1 unspecified atom stereocenters. The predicted molar refractivity (Wildman–Crippen MR) is 77.8 cm³/mol. The molecule has 23 heavy (non-hydrogen) atoms.